The monoisotopic (exact) mass is 290 g/mol. The van der Waals surface area contributed by atoms with Crippen LogP contribution in [0.4, 0.5) is 5.95 Å². The molecule has 2 aliphatic heterocycles. The Bertz CT molecular complexity index is 443. The van der Waals surface area contributed by atoms with E-state index in [0.717, 1.165) is 38.7 Å². The average Bonchev–Trinajstić information content (AvgIpc) is 2.48. The van der Waals surface area contributed by atoms with Gasteiger partial charge < -0.3 is 14.9 Å². The van der Waals surface area contributed by atoms with E-state index in [4.69, 9.17) is 0 Å². The fourth-order valence-electron chi connectivity index (χ4n) is 3.88. The third-order valence-electron chi connectivity index (χ3n) is 4.92. The number of aliphatic hydroxyl groups is 1. The summed E-state index contributed by atoms with van der Waals surface area (Å²) in [6, 6.07) is 1.87. The molecule has 0 saturated carbocycles. The molecular weight excluding hydrogens is 264 g/mol. The highest BCUT2D eigenvalue weighted by Crippen LogP contribution is 2.40. The van der Waals surface area contributed by atoms with Crippen LogP contribution in [0.5, 0.6) is 0 Å². The summed E-state index contributed by atoms with van der Waals surface area (Å²) in [4.78, 5) is 13.5. The van der Waals surface area contributed by atoms with Gasteiger partial charge in [-0.05, 0) is 50.6 Å². The number of nitrogens with zero attached hydrogens (tertiary/aromatic N) is 4. The highest BCUT2D eigenvalue weighted by Gasteiger charge is 2.38. The zero-order valence-electron chi connectivity index (χ0n) is 12.9. The molecule has 0 aromatic carbocycles. The Morgan fingerprint density at radius 2 is 1.90 bits per heavy atom. The van der Waals surface area contributed by atoms with E-state index in [2.05, 4.69) is 19.8 Å². The normalized spacial score (nSPS) is 24.2. The van der Waals surface area contributed by atoms with Crippen molar-refractivity contribution in [3.63, 3.8) is 0 Å². The van der Waals surface area contributed by atoms with E-state index in [1.807, 2.05) is 25.4 Å². The first kappa shape index (κ1) is 14.7. The first-order valence-corrected chi connectivity index (χ1v) is 8.09. The summed E-state index contributed by atoms with van der Waals surface area (Å²) in [6.45, 7) is 7.07. The van der Waals surface area contributed by atoms with Gasteiger partial charge in [0.25, 0.3) is 0 Å². The van der Waals surface area contributed by atoms with Gasteiger partial charge in [0, 0.05) is 38.6 Å². The molecule has 1 spiro atoms. The summed E-state index contributed by atoms with van der Waals surface area (Å²) in [6.07, 6.45) is 8.41. The third kappa shape index (κ3) is 3.52. The lowest BCUT2D eigenvalue weighted by atomic mass is 9.72. The van der Waals surface area contributed by atoms with E-state index in [-0.39, 0.29) is 6.10 Å². The smallest absolute Gasteiger partial charge is 0.225 e. The number of β-amino-alcohol motifs (C(OH)–C–C–N with tert-alkyl or cyclic N) is 1. The summed E-state index contributed by atoms with van der Waals surface area (Å²) in [7, 11) is 0. The van der Waals surface area contributed by atoms with Crippen LogP contribution in [-0.2, 0) is 0 Å². The van der Waals surface area contributed by atoms with Crippen molar-refractivity contribution >= 4 is 5.95 Å². The molecule has 1 aromatic heterocycles. The standard InChI is InChI=1S/C16H26N4O/c1-14(21)12-19-9-2-4-16(13-19)5-10-20(11-6-16)15-17-7-3-8-18-15/h3,7-8,14,21H,2,4-6,9-13H2,1H3. The quantitative estimate of drug-likeness (QED) is 0.915. The Morgan fingerprint density at radius 1 is 1.19 bits per heavy atom. The van der Waals surface area contributed by atoms with E-state index in [0.29, 0.717) is 5.41 Å². The molecule has 2 saturated heterocycles. The van der Waals surface area contributed by atoms with E-state index in [1.54, 1.807) is 0 Å². The molecule has 21 heavy (non-hydrogen) atoms. The topological polar surface area (TPSA) is 52.5 Å². The van der Waals surface area contributed by atoms with Gasteiger partial charge in [0.1, 0.15) is 0 Å². The number of piperidine rings is 2. The molecular formula is C16H26N4O. The predicted octanol–water partition coefficient (Wildman–Crippen LogP) is 1.54. The Morgan fingerprint density at radius 3 is 2.57 bits per heavy atom. The molecule has 1 atom stereocenters. The highest BCUT2D eigenvalue weighted by atomic mass is 16.3. The van der Waals surface area contributed by atoms with Crippen molar-refractivity contribution < 1.29 is 5.11 Å². The summed E-state index contributed by atoms with van der Waals surface area (Å²) in [5.41, 5.74) is 0.443. The Hall–Kier alpha value is -1.20. The van der Waals surface area contributed by atoms with Gasteiger partial charge in [-0.25, -0.2) is 9.97 Å². The molecule has 0 amide bonds. The van der Waals surface area contributed by atoms with Gasteiger partial charge >= 0.3 is 0 Å². The maximum Gasteiger partial charge on any atom is 0.225 e. The largest absolute Gasteiger partial charge is 0.392 e. The Kier molecular flexibility index (Phi) is 4.40. The molecule has 0 bridgehead atoms. The second-order valence-electron chi connectivity index (χ2n) is 6.72. The molecule has 3 rings (SSSR count). The van der Waals surface area contributed by atoms with Gasteiger partial charge in [-0.1, -0.05) is 0 Å². The first-order valence-electron chi connectivity index (χ1n) is 8.09. The summed E-state index contributed by atoms with van der Waals surface area (Å²) < 4.78 is 0. The minimum Gasteiger partial charge on any atom is -0.392 e. The van der Waals surface area contributed by atoms with Crippen LogP contribution in [0.15, 0.2) is 18.5 Å². The number of anilines is 1. The molecule has 116 valence electrons. The van der Waals surface area contributed by atoms with Gasteiger partial charge in [-0.2, -0.15) is 0 Å². The molecule has 2 aliphatic rings. The molecule has 1 unspecified atom stereocenters. The van der Waals surface area contributed by atoms with E-state index in [9.17, 15) is 5.11 Å². The lowest BCUT2D eigenvalue weighted by molar-refractivity contribution is 0.0360. The fourth-order valence-corrected chi connectivity index (χ4v) is 3.88. The minimum atomic E-state index is -0.224. The van der Waals surface area contributed by atoms with Crippen molar-refractivity contribution in [2.75, 3.05) is 37.6 Å². The lowest BCUT2D eigenvalue weighted by Gasteiger charge is -2.48. The maximum absolute atomic E-state index is 9.62. The van der Waals surface area contributed by atoms with Gasteiger partial charge in [-0.15, -0.1) is 0 Å². The third-order valence-corrected chi connectivity index (χ3v) is 4.92. The predicted molar refractivity (Wildman–Crippen MR) is 83.3 cm³/mol. The molecule has 1 aromatic rings. The minimum absolute atomic E-state index is 0.224. The second kappa shape index (κ2) is 6.28. The number of aromatic nitrogens is 2. The lowest BCUT2D eigenvalue weighted by Crippen LogP contribution is -2.51. The van der Waals surface area contributed by atoms with Crippen LogP contribution in [0.3, 0.4) is 0 Å². The van der Waals surface area contributed by atoms with Crippen LogP contribution in [-0.4, -0.2) is 58.8 Å². The summed E-state index contributed by atoms with van der Waals surface area (Å²) >= 11 is 0. The van der Waals surface area contributed by atoms with Crippen molar-refractivity contribution in [2.45, 2.75) is 38.7 Å². The van der Waals surface area contributed by atoms with Crippen LogP contribution >= 0.6 is 0 Å². The van der Waals surface area contributed by atoms with E-state index < -0.39 is 0 Å². The first-order chi connectivity index (χ1) is 10.2. The van der Waals surface area contributed by atoms with E-state index >= 15 is 0 Å². The zero-order chi connectivity index (χ0) is 14.7. The Balaban J connectivity index is 1.59. The maximum atomic E-state index is 9.62. The van der Waals surface area contributed by atoms with Gasteiger partial charge in [-0.3, -0.25) is 0 Å². The van der Waals surface area contributed by atoms with Crippen molar-refractivity contribution in [3.8, 4) is 0 Å². The van der Waals surface area contributed by atoms with Crippen LogP contribution in [0.1, 0.15) is 32.6 Å². The SMILES string of the molecule is CC(O)CN1CCCC2(CCN(c3ncccn3)CC2)C1. The molecule has 5 nitrogen and oxygen atoms in total. The van der Waals surface area contributed by atoms with Gasteiger partial charge in [0.05, 0.1) is 6.10 Å². The number of hydrogen-bond donors (Lipinski definition) is 1. The summed E-state index contributed by atoms with van der Waals surface area (Å²) in [5.74, 6) is 0.865. The molecule has 3 heterocycles. The van der Waals surface area contributed by atoms with Crippen molar-refractivity contribution in [3.05, 3.63) is 18.5 Å². The molecule has 5 heteroatoms. The van der Waals surface area contributed by atoms with Crippen LogP contribution in [0, 0.1) is 5.41 Å². The van der Waals surface area contributed by atoms with Crippen molar-refractivity contribution in [2.24, 2.45) is 5.41 Å². The fraction of sp³-hybridized carbons (Fsp3) is 0.750. The number of rotatable bonds is 3. The number of likely N-dealkylation sites (tertiary alicyclic amines) is 1. The average molecular weight is 290 g/mol. The van der Waals surface area contributed by atoms with Crippen LogP contribution in [0.2, 0.25) is 0 Å². The highest BCUT2D eigenvalue weighted by molar-refractivity contribution is 5.29. The Labute approximate surface area is 127 Å². The summed E-state index contributed by atoms with van der Waals surface area (Å²) in [5, 5.41) is 9.62. The second-order valence-corrected chi connectivity index (χ2v) is 6.72. The number of hydrogen-bond acceptors (Lipinski definition) is 5. The van der Waals surface area contributed by atoms with Gasteiger partial charge in [0.2, 0.25) is 5.95 Å². The number of aliphatic hydroxyl groups excluding tert-OH is 1. The zero-order valence-corrected chi connectivity index (χ0v) is 12.9. The molecule has 2 fully saturated rings. The van der Waals surface area contributed by atoms with Crippen LogP contribution < -0.4 is 4.90 Å². The van der Waals surface area contributed by atoms with Crippen LogP contribution in [0.25, 0.3) is 0 Å². The van der Waals surface area contributed by atoms with Gasteiger partial charge in [0.15, 0.2) is 0 Å². The van der Waals surface area contributed by atoms with Crippen molar-refractivity contribution in [1.29, 1.82) is 0 Å². The molecule has 1 N–H and O–H groups in total. The molecule has 0 radical (unpaired) electrons. The molecule has 0 aliphatic carbocycles. The van der Waals surface area contributed by atoms with E-state index in [1.165, 1.54) is 25.7 Å². The van der Waals surface area contributed by atoms with Crippen molar-refractivity contribution in [1.82, 2.24) is 14.9 Å².